The summed E-state index contributed by atoms with van der Waals surface area (Å²) in [7, 11) is 0. The lowest BCUT2D eigenvalue weighted by atomic mass is 10.1. The number of nitrogens with zero attached hydrogens (tertiary/aromatic N) is 1. The van der Waals surface area contributed by atoms with Gasteiger partial charge in [-0.3, -0.25) is 14.4 Å². The third kappa shape index (κ3) is 3.99. The van der Waals surface area contributed by atoms with Crippen molar-refractivity contribution in [1.82, 2.24) is 4.90 Å². The first kappa shape index (κ1) is 17.8. The van der Waals surface area contributed by atoms with E-state index >= 15 is 0 Å². The largest absolute Gasteiger partial charge is 0.467 e. The summed E-state index contributed by atoms with van der Waals surface area (Å²) in [6, 6.07) is 8.50. The molecule has 1 aliphatic rings. The molecular formula is C19H18FNO5. The standard InChI is InChI=1S/C19H18FNO5/c1-12(18(23)13-4-6-15(20)7-5-13)26-19(24)14-9-17(22)21(10-14)11-16-3-2-8-25-16/h2-8,12,14H,9-11H2,1H3/t12-,14+/m0/s1. The molecule has 1 aliphatic heterocycles. The Morgan fingerprint density at radius 2 is 2.04 bits per heavy atom. The van der Waals surface area contributed by atoms with E-state index in [4.69, 9.17) is 9.15 Å². The highest BCUT2D eigenvalue weighted by atomic mass is 19.1. The molecule has 0 saturated carbocycles. The summed E-state index contributed by atoms with van der Waals surface area (Å²) in [4.78, 5) is 38.1. The topological polar surface area (TPSA) is 76.8 Å². The number of ketones is 1. The van der Waals surface area contributed by atoms with Crippen molar-refractivity contribution in [3.05, 3.63) is 59.8 Å². The highest BCUT2D eigenvalue weighted by Gasteiger charge is 2.37. The van der Waals surface area contributed by atoms with E-state index in [0.717, 1.165) is 0 Å². The fourth-order valence-electron chi connectivity index (χ4n) is 2.85. The van der Waals surface area contributed by atoms with E-state index in [-0.39, 0.29) is 24.4 Å². The fourth-order valence-corrected chi connectivity index (χ4v) is 2.85. The predicted molar refractivity (Wildman–Crippen MR) is 88.5 cm³/mol. The average Bonchev–Trinajstić information content (AvgIpc) is 3.25. The van der Waals surface area contributed by atoms with Crippen molar-refractivity contribution in [2.45, 2.75) is 26.0 Å². The van der Waals surface area contributed by atoms with Crippen molar-refractivity contribution < 1.29 is 27.9 Å². The molecule has 7 heteroatoms. The number of Topliss-reactive ketones (excluding diaryl/α,β-unsaturated/α-hetero) is 1. The number of furan rings is 1. The van der Waals surface area contributed by atoms with E-state index in [9.17, 15) is 18.8 Å². The lowest BCUT2D eigenvalue weighted by Crippen LogP contribution is -2.30. The number of amides is 1. The molecule has 1 saturated heterocycles. The highest BCUT2D eigenvalue weighted by Crippen LogP contribution is 2.22. The average molecular weight is 359 g/mol. The van der Waals surface area contributed by atoms with Gasteiger partial charge in [-0.1, -0.05) is 0 Å². The van der Waals surface area contributed by atoms with Crippen LogP contribution in [0, 0.1) is 11.7 Å². The minimum Gasteiger partial charge on any atom is -0.467 e. The van der Waals surface area contributed by atoms with Crippen molar-refractivity contribution >= 4 is 17.7 Å². The SMILES string of the molecule is C[C@H](OC(=O)[C@@H]1CC(=O)N(Cc2ccco2)C1)C(=O)c1ccc(F)cc1. The maximum Gasteiger partial charge on any atom is 0.311 e. The molecule has 0 aliphatic carbocycles. The van der Waals surface area contributed by atoms with Gasteiger partial charge in [0.05, 0.1) is 18.7 Å². The Morgan fingerprint density at radius 1 is 1.31 bits per heavy atom. The zero-order chi connectivity index (χ0) is 18.7. The van der Waals surface area contributed by atoms with E-state index in [1.807, 2.05) is 0 Å². The number of esters is 1. The lowest BCUT2D eigenvalue weighted by Gasteiger charge is -2.17. The molecule has 26 heavy (non-hydrogen) atoms. The quantitative estimate of drug-likeness (QED) is 0.585. The van der Waals surface area contributed by atoms with Gasteiger partial charge >= 0.3 is 5.97 Å². The van der Waals surface area contributed by atoms with Crippen LogP contribution in [-0.2, 0) is 20.9 Å². The molecule has 3 rings (SSSR count). The monoisotopic (exact) mass is 359 g/mol. The second kappa shape index (κ2) is 7.51. The molecule has 0 bridgehead atoms. The summed E-state index contributed by atoms with van der Waals surface area (Å²) in [5.74, 6) is -1.63. The predicted octanol–water partition coefficient (Wildman–Crippen LogP) is 2.58. The summed E-state index contributed by atoms with van der Waals surface area (Å²) >= 11 is 0. The first-order valence-electron chi connectivity index (χ1n) is 8.24. The zero-order valence-electron chi connectivity index (χ0n) is 14.2. The smallest absolute Gasteiger partial charge is 0.311 e. The van der Waals surface area contributed by atoms with E-state index in [0.29, 0.717) is 12.3 Å². The van der Waals surface area contributed by atoms with Crippen molar-refractivity contribution in [2.75, 3.05) is 6.54 Å². The van der Waals surface area contributed by atoms with Crippen LogP contribution < -0.4 is 0 Å². The van der Waals surface area contributed by atoms with Crippen LogP contribution >= 0.6 is 0 Å². The summed E-state index contributed by atoms with van der Waals surface area (Å²) in [6.45, 7) is 1.97. The van der Waals surface area contributed by atoms with Crippen molar-refractivity contribution in [3.8, 4) is 0 Å². The molecular weight excluding hydrogens is 341 g/mol. The van der Waals surface area contributed by atoms with Crippen molar-refractivity contribution in [2.24, 2.45) is 5.92 Å². The number of halogens is 1. The number of carbonyl (C=O) groups is 3. The first-order chi connectivity index (χ1) is 12.4. The number of hydrogen-bond acceptors (Lipinski definition) is 5. The van der Waals surface area contributed by atoms with Crippen molar-refractivity contribution in [1.29, 1.82) is 0 Å². The highest BCUT2D eigenvalue weighted by molar-refractivity contribution is 6.00. The van der Waals surface area contributed by atoms with E-state index < -0.39 is 29.6 Å². The lowest BCUT2D eigenvalue weighted by molar-refractivity contribution is -0.151. The van der Waals surface area contributed by atoms with Crippen LogP contribution in [0.4, 0.5) is 4.39 Å². The summed E-state index contributed by atoms with van der Waals surface area (Å²) < 4.78 is 23.4. The number of likely N-dealkylation sites (tertiary alicyclic amines) is 1. The van der Waals surface area contributed by atoms with Crippen LogP contribution in [0.25, 0.3) is 0 Å². The van der Waals surface area contributed by atoms with Crippen molar-refractivity contribution in [3.63, 3.8) is 0 Å². The van der Waals surface area contributed by atoms with E-state index in [2.05, 4.69) is 0 Å². The molecule has 1 aromatic heterocycles. The second-order valence-electron chi connectivity index (χ2n) is 6.20. The third-order valence-electron chi connectivity index (χ3n) is 4.27. The number of carbonyl (C=O) groups excluding carboxylic acids is 3. The Labute approximate surface area is 149 Å². The van der Waals surface area contributed by atoms with Gasteiger partial charge < -0.3 is 14.1 Å². The molecule has 136 valence electrons. The van der Waals surface area contributed by atoms with Gasteiger partial charge in [-0.2, -0.15) is 0 Å². The maximum absolute atomic E-state index is 12.9. The normalized spacial score (nSPS) is 18.0. The molecule has 2 atom stereocenters. The number of hydrogen-bond donors (Lipinski definition) is 0. The number of rotatable bonds is 6. The van der Waals surface area contributed by atoms with Crippen LogP contribution in [0.1, 0.15) is 29.5 Å². The molecule has 0 N–H and O–H groups in total. The number of benzene rings is 1. The molecule has 0 radical (unpaired) electrons. The molecule has 1 aromatic carbocycles. The van der Waals surface area contributed by atoms with Gasteiger partial charge in [0.15, 0.2) is 6.10 Å². The Kier molecular flexibility index (Phi) is 5.16. The van der Waals surface area contributed by atoms with Crippen LogP contribution in [0.3, 0.4) is 0 Å². The number of ether oxygens (including phenoxy) is 1. The Hall–Kier alpha value is -2.96. The Balaban J connectivity index is 1.56. The Morgan fingerprint density at radius 3 is 2.69 bits per heavy atom. The van der Waals surface area contributed by atoms with Gasteiger partial charge in [-0.15, -0.1) is 0 Å². The van der Waals surface area contributed by atoms with Gasteiger partial charge in [0.1, 0.15) is 11.6 Å². The molecule has 0 spiro atoms. The van der Waals surface area contributed by atoms with E-state index in [1.165, 1.54) is 42.4 Å². The summed E-state index contributed by atoms with van der Waals surface area (Å²) in [5.41, 5.74) is 0.258. The van der Waals surface area contributed by atoms with Gasteiger partial charge in [0.25, 0.3) is 0 Å². The van der Waals surface area contributed by atoms with Gasteiger partial charge in [0, 0.05) is 18.5 Å². The Bertz CT molecular complexity index is 800. The molecule has 1 fully saturated rings. The van der Waals surface area contributed by atoms with Gasteiger partial charge in [0.2, 0.25) is 11.7 Å². The minimum absolute atomic E-state index is 0.0387. The molecule has 0 unspecified atom stereocenters. The third-order valence-corrected chi connectivity index (χ3v) is 4.27. The zero-order valence-corrected chi connectivity index (χ0v) is 14.2. The van der Waals surface area contributed by atoms with Crippen LogP contribution in [0.5, 0.6) is 0 Å². The van der Waals surface area contributed by atoms with Crippen LogP contribution in [0.2, 0.25) is 0 Å². The minimum atomic E-state index is -1.01. The summed E-state index contributed by atoms with van der Waals surface area (Å²) in [5, 5.41) is 0. The molecule has 2 aromatic rings. The van der Waals surface area contributed by atoms with Crippen LogP contribution in [-0.4, -0.2) is 35.2 Å². The summed E-state index contributed by atoms with van der Waals surface area (Å²) in [6.07, 6.45) is 0.545. The van der Waals surface area contributed by atoms with Gasteiger partial charge in [-0.05, 0) is 43.3 Å². The van der Waals surface area contributed by atoms with E-state index in [1.54, 1.807) is 12.1 Å². The van der Waals surface area contributed by atoms with Gasteiger partial charge in [-0.25, -0.2) is 4.39 Å². The molecule has 2 heterocycles. The molecule has 1 amide bonds. The molecule has 6 nitrogen and oxygen atoms in total. The first-order valence-corrected chi connectivity index (χ1v) is 8.24. The fraction of sp³-hybridized carbons (Fsp3) is 0.316. The van der Waals surface area contributed by atoms with Crippen LogP contribution in [0.15, 0.2) is 47.1 Å². The maximum atomic E-state index is 12.9. The second-order valence-corrected chi connectivity index (χ2v) is 6.20.